The molecule has 4 rings (SSSR count). The number of hydrogen-bond acceptors (Lipinski definition) is 6. The zero-order valence-corrected chi connectivity index (χ0v) is 18.2. The van der Waals surface area contributed by atoms with E-state index < -0.39 is 10.0 Å². The van der Waals surface area contributed by atoms with Crippen LogP contribution in [0.4, 0.5) is 5.13 Å². The van der Waals surface area contributed by atoms with Crippen molar-refractivity contribution in [1.82, 2.24) is 9.29 Å². The van der Waals surface area contributed by atoms with Crippen LogP contribution in [0.3, 0.4) is 0 Å². The molecule has 0 saturated carbocycles. The molecule has 1 aliphatic heterocycles. The number of aromatic nitrogens is 1. The maximum atomic E-state index is 12.7. The molecule has 158 valence electrons. The molecule has 2 aromatic carbocycles. The zero-order valence-electron chi connectivity index (χ0n) is 16.6. The van der Waals surface area contributed by atoms with E-state index in [-0.39, 0.29) is 16.7 Å². The molecule has 1 fully saturated rings. The number of carbonyl (C=O) groups excluding carboxylic acids is 1. The third-order valence-corrected chi connectivity index (χ3v) is 7.92. The summed E-state index contributed by atoms with van der Waals surface area (Å²) in [6.07, 6.45) is 0.928. The van der Waals surface area contributed by atoms with Gasteiger partial charge in [-0.15, -0.1) is 11.3 Å². The number of nitriles is 1. The molecule has 0 aliphatic carbocycles. The van der Waals surface area contributed by atoms with Crippen LogP contribution >= 0.6 is 11.3 Å². The molecule has 9 heteroatoms. The van der Waals surface area contributed by atoms with Gasteiger partial charge in [0.25, 0.3) is 0 Å². The number of nitrogens with one attached hydrogen (secondary N) is 1. The summed E-state index contributed by atoms with van der Waals surface area (Å²) >= 11 is 1.33. The van der Waals surface area contributed by atoms with Crippen molar-refractivity contribution >= 4 is 32.4 Å². The van der Waals surface area contributed by atoms with E-state index in [9.17, 15) is 13.2 Å². The van der Waals surface area contributed by atoms with Gasteiger partial charge in [-0.05, 0) is 37.1 Å². The number of anilines is 1. The smallest absolute Gasteiger partial charge is 0.243 e. The summed E-state index contributed by atoms with van der Waals surface area (Å²) in [7, 11) is -3.53. The predicted octanol–water partition coefficient (Wildman–Crippen LogP) is 3.72. The highest BCUT2D eigenvalue weighted by Gasteiger charge is 2.32. The summed E-state index contributed by atoms with van der Waals surface area (Å²) in [5, 5.41) is 14.1. The van der Waals surface area contributed by atoms with E-state index in [4.69, 9.17) is 5.26 Å². The third kappa shape index (κ3) is 4.66. The molecule has 3 aromatic rings. The van der Waals surface area contributed by atoms with Gasteiger partial charge in [0.05, 0.1) is 22.2 Å². The zero-order chi connectivity index (χ0) is 21.8. The van der Waals surface area contributed by atoms with E-state index in [1.165, 1.54) is 15.6 Å². The summed E-state index contributed by atoms with van der Waals surface area (Å²) in [5.41, 5.74) is 2.18. The van der Waals surface area contributed by atoms with Crippen molar-refractivity contribution in [1.29, 1.82) is 5.26 Å². The Morgan fingerprint density at radius 1 is 1.10 bits per heavy atom. The van der Waals surface area contributed by atoms with Crippen molar-refractivity contribution in [2.24, 2.45) is 5.92 Å². The molecule has 31 heavy (non-hydrogen) atoms. The summed E-state index contributed by atoms with van der Waals surface area (Å²) < 4.78 is 26.9. The van der Waals surface area contributed by atoms with Crippen LogP contribution in [0.2, 0.25) is 0 Å². The molecule has 1 amide bonds. The molecule has 0 bridgehead atoms. The summed E-state index contributed by atoms with van der Waals surface area (Å²) in [6, 6.07) is 17.5. The van der Waals surface area contributed by atoms with Gasteiger partial charge >= 0.3 is 0 Å². The molecular weight excluding hydrogens is 432 g/mol. The van der Waals surface area contributed by atoms with Gasteiger partial charge in [-0.1, -0.05) is 30.3 Å². The van der Waals surface area contributed by atoms with E-state index in [0.29, 0.717) is 36.6 Å². The predicted molar refractivity (Wildman–Crippen MR) is 119 cm³/mol. The minimum atomic E-state index is -3.53. The molecule has 1 N–H and O–H groups in total. The molecule has 0 atom stereocenters. The highest BCUT2D eigenvalue weighted by Crippen LogP contribution is 2.28. The Kier molecular flexibility index (Phi) is 6.13. The number of nitrogens with zero attached hydrogens (tertiary/aromatic N) is 3. The number of hydrogen-bond donors (Lipinski definition) is 1. The molecular formula is C22H20N4O3S2. The van der Waals surface area contributed by atoms with Gasteiger partial charge in [-0.3, -0.25) is 4.79 Å². The Morgan fingerprint density at radius 3 is 2.42 bits per heavy atom. The Balaban J connectivity index is 1.35. The second-order valence-corrected chi connectivity index (χ2v) is 10.0. The average molecular weight is 453 g/mol. The second kappa shape index (κ2) is 8.98. The fraction of sp³-hybridized carbons (Fsp3) is 0.227. The fourth-order valence-electron chi connectivity index (χ4n) is 3.49. The maximum absolute atomic E-state index is 12.7. The van der Waals surface area contributed by atoms with E-state index in [2.05, 4.69) is 16.4 Å². The Hall–Kier alpha value is -3.06. The van der Waals surface area contributed by atoms with Crippen molar-refractivity contribution in [2.75, 3.05) is 18.4 Å². The maximum Gasteiger partial charge on any atom is 0.243 e. The number of benzene rings is 2. The quantitative estimate of drug-likeness (QED) is 0.635. The van der Waals surface area contributed by atoms with Crippen molar-refractivity contribution in [2.45, 2.75) is 17.7 Å². The lowest BCUT2D eigenvalue weighted by molar-refractivity contribution is -0.120. The minimum Gasteiger partial charge on any atom is -0.302 e. The fourth-order valence-corrected chi connectivity index (χ4v) is 5.70. The first-order valence-corrected chi connectivity index (χ1v) is 12.1. The van der Waals surface area contributed by atoms with E-state index in [1.54, 1.807) is 42.5 Å². The second-order valence-electron chi connectivity index (χ2n) is 7.21. The van der Waals surface area contributed by atoms with E-state index in [0.717, 1.165) is 11.3 Å². The van der Waals surface area contributed by atoms with Crippen LogP contribution in [0.1, 0.15) is 18.4 Å². The lowest BCUT2D eigenvalue weighted by atomic mass is 9.97. The van der Waals surface area contributed by atoms with Gasteiger partial charge < -0.3 is 5.32 Å². The van der Waals surface area contributed by atoms with Crippen molar-refractivity contribution < 1.29 is 13.2 Å². The van der Waals surface area contributed by atoms with Gasteiger partial charge in [0.15, 0.2) is 5.13 Å². The van der Waals surface area contributed by atoms with Gasteiger partial charge in [-0.2, -0.15) is 9.57 Å². The highest BCUT2D eigenvalue weighted by molar-refractivity contribution is 7.89. The number of carbonyl (C=O) groups is 1. The average Bonchev–Trinajstić information content (AvgIpc) is 3.28. The van der Waals surface area contributed by atoms with Crippen molar-refractivity contribution in [3.05, 3.63) is 65.5 Å². The molecule has 0 radical (unpaired) electrons. The molecule has 0 spiro atoms. The molecule has 0 unspecified atom stereocenters. The lowest BCUT2D eigenvalue weighted by Gasteiger charge is -2.30. The SMILES string of the molecule is N#Cc1ccc(-c2csc(NC(=O)C3CCN(S(=O)(=O)c4ccccc4)CC3)n2)cc1. The molecule has 1 aromatic heterocycles. The minimum absolute atomic E-state index is 0.141. The van der Waals surface area contributed by atoms with Crippen molar-refractivity contribution in [3.8, 4) is 17.3 Å². The van der Waals surface area contributed by atoms with Crippen LogP contribution in [0.25, 0.3) is 11.3 Å². The first-order chi connectivity index (χ1) is 15.0. The third-order valence-electron chi connectivity index (χ3n) is 5.25. The Morgan fingerprint density at radius 2 is 1.77 bits per heavy atom. The van der Waals surface area contributed by atoms with Gasteiger partial charge in [0.2, 0.25) is 15.9 Å². The van der Waals surface area contributed by atoms with Gasteiger partial charge in [0, 0.05) is 30.0 Å². The first-order valence-electron chi connectivity index (χ1n) is 9.79. The topological polar surface area (TPSA) is 103 Å². The van der Waals surface area contributed by atoms with E-state index >= 15 is 0 Å². The summed E-state index contributed by atoms with van der Waals surface area (Å²) in [4.78, 5) is 17.4. The van der Waals surface area contributed by atoms with Crippen LogP contribution in [0, 0.1) is 17.2 Å². The Bertz CT molecular complexity index is 1210. The van der Waals surface area contributed by atoms with Gasteiger partial charge in [0.1, 0.15) is 0 Å². The number of amides is 1. The van der Waals surface area contributed by atoms with Crippen LogP contribution < -0.4 is 5.32 Å². The number of sulfonamides is 1. The molecule has 1 aliphatic rings. The first kappa shape index (κ1) is 21.2. The molecule has 7 nitrogen and oxygen atoms in total. The highest BCUT2D eigenvalue weighted by atomic mass is 32.2. The summed E-state index contributed by atoms with van der Waals surface area (Å²) in [6.45, 7) is 0.618. The monoisotopic (exact) mass is 452 g/mol. The van der Waals surface area contributed by atoms with Crippen LogP contribution in [-0.4, -0.2) is 36.7 Å². The molecule has 1 saturated heterocycles. The lowest BCUT2D eigenvalue weighted by Crippen LogP contribution is -2.41. The largest absolute Gasteiger partial charge is 0.302 e. The van der Waals surface area contributed by atoms with E-state index in [1.807, 2.05) is 17.5 Å². The van der Waals surface area contributed by atoms with Crippen LogP contribution in [0.15, 0.2) is 64.9 Å². The number of rotatable bonds is 5. The van der Waals surface area contributed by atoms with Gasteiger partial charge in [-0.25, -0.2) is 13.4 Å². The van der Waals surface area contributed by atoms with Crippen LogP contribution in [-0.2, 0) is 14.8 Å². The summed E-state index contributed by atoms with van der Waals surface area (Å²) in [5.74, 6) is -0.401. The van der Waals surface area contributed by atoms with Crippen LogP contribution in [0.5, 0.6) is 0 Å². The standard InChI is InChI=1S/C22H20N4O3S2/c23-14-16-6-8-17(9-7-16)20-15-30-22(24-20)25-21(27)18-10-12-26(13-11-18)31(28,29)19-4-2-1-3-5-19/h1-9,15,18H,10-13H2,(H,24,25,27). The normalized spacial score (nSPS) is 15.3. The number of piperidine rings is 1. The van der Waals surface area contributed by atoms with Crippen molar-refractivity contribution in [3.63, 3.8) is 0 Å². The molecule has 2 heterocycles. The number of thiazole rings is 1. The Labute approximate surface area is 185 Å².